The molecule has 0 saturated heterocycles. The van der Waals surface area contributed by atoms with Gasteiger partial charge in [0.1, 0.15) is 5.75 Å². The van der Waals surface area contributed by atoms with E-state index in [9.17, 15) is 4.79 Å². The minimum atomic E-state index is -0.229. The molecule has 4 rings (SSSR count). The maximum atomic E-state index is 12.5. The molecule has 0 spiro atoms. The fourth-order valence-electron chi connectivity index (χ4n) is 3.66. The SMILES string of the molecule is COc1ccc(-n2c(SCC(=O)N/N=C/c3ccc(SC)cc3)nnc2-c2ccc(C(C)(C)C)cc2)cc1. The molecular weight excluding hydrogens is 514 g/mol. The monoisotopic (exact) mass is 545 g/mol. The van der Waals surface area contributed by atoms with Crippen LogP contribution in [-0.2, 0) is 10.2 Å². The molecule has 0 atom stereocenters. The quantitative estimate of drug-likeness (QED) is 0.153. The van der Waals surface area contributed by atoms with Crippen LogP contribution in [0.1, 0.15) is 31.9 Å². The third-order valence-electron chi connectivity index (χ3n) is 5.82. The van der Waals surface area contributed by atoms with E-state index in [4.69, 9.17) is 4.74 Å². The molecule has 4 aromatic rings. The highest BCUT2D eigenvalue weighted by Crippen LogP contribution is 2.30. The number of hydrogen-bond acceptors (Lipinski definition) is 7. The summed E-state index contributed by atoms with van der Waals surface area (Å²) in [6.45, 7) is 6.56. The van der Waals surface area contributed by atoms with Crippen molar-refractivity contribution in [2.24, 2.45) is 5.10 Å². The lowest BCUT2D eigenvalue weighted by atomic mass is 9.87. The van der Waals surface area contributed by atoms with E-state index in [1.54, 1.807) is 25.1 Å². The average Bonchev–Trinajstić information content (AvgIpc) is 3.36. The van der Waals surface area contributed by atoms with Crippen LogP contribution in [-0.4, -0.2) is 46.0 Å². The Morgan fingerprint density at radius 1 is 1.00 bits per heavy atom. The Balaban J connectivity index is 1.52. The molecule has 196 valence electrons. The fraction of sp³-hybridized carbons (Fsp3) is 0.241. The van der Waals surface area contributed by atoms with Gasteiger partial charge in [-0.1, -0.05) is 68.9 Å². The van der Waals surface area contributed by atoms with Crippen LogP contribution >= 0.6 is 23.5 Å². The van der Waals surface area contributed by atoms with Crippen LogP contribution in [0.15, 0.2) is 87.9 Å². The van der Waals surface area contributed by atoms with Crippen LogP contribution < -0.4 is 10.2 Å². The number of thioether (sulfide) groups is 2. The van der Waals surface area contributed by atoms with Gasteiger partial charge in [-0.15, -0.1) is 22.0 Å². The Kier molecular flexibility index (Phi) is 8.91. The standard InChI is InChI=1S/C29H31N5O2S2/c1-29(2,3)22-10-8-21(9-11-22)27-32-33-28(34(27)23-12-14-24(36-4)15-13-23)38-19-26(35)31-30-18-20-6-16-25(37-5)17-7-20/h6-18H,19H2,1-5H3,(H,31,35)/b30-18+. The van der Waals surface area contributed by atoms with E-state index >= 15 is 0 Å². The van der Waals surface area contributed by atoms with Crippen LogP contribution in [0.5, 0.6) is 5.75 Å². The van der Waals surface area contributed by atoms with E-state index < -0.39 is 0 Å². The normalized spacial score (nSPS) is 11.6. The molecule has 1 amide bonds. The van der Waals surface area contributed by atoms with E-state index in [-0.39, 0.29) is 17.1 Å². The van der Waals surface area contributed by atoms with E-state index in [1.807, 2.05) is 59.4 Å². The minimum absolute atomic E-state index is 0.0526. The van der Waals surface area contributed by atoms with Crippen LogP contribution in [0, 0.1) is 0 Å². The number of aromatic nitrogens is 3. The summed E-state index contributed by atoms with van der Waals surface area (Å²) < 4.78 is 7.28. The Hall–Kier alpha value is -3.56. The molecule has 0 bridgehead atoms. The molecule has 0 fully saturated rings. The van der Waals surface area contributed by atoms with Gasteiger partial charge in [0.05, 0.1) is 19.1 Å². The molecule has 0 saturated carbocycles. The van der Waals surface area contributed by atoms with Gasteiger partial charge >= 0.3 is 0 Å². The maximum Gasteiger partial charge on any atom is 0.250 e. The lowest BCUT2D eigenvalue weighted by Gasteiger charge is -2.19. The maximum absolute atomic E-state index is 12.5. The highest BCUT2D eigenvalue weighted by molar-refractivity contribution is 7.99. The summed E-state index contributed by atoms with van der Waals surface area (Å²) in [6.07, 6.45) is 3.66. The predicted molar refractivity (Wildman–Crippen MR) is 157 cm³/mol. The third kappa shape index (κ3) is 6.85. The third-order valence-corrected chi connectivity index (χ3v) is 7.50. The number of nitrogens with zero attached hydrogens (tertiary/aromatic N) is 4. The van der Waals surface area contributed by atoms with Gasteiger partial charge in [0, 0.05) is 16.1 Å². The van der Waals surface area contributed by atoms with Crippen LogP contribution in [0.3, 0.4) is 0 Å². The molecule has 1 N–H and O–H groups in total. The van der Waals surface area contributed by atoms with Crippen molar-refractivity contribution < 1.29 is 9.53 Å². The molecule has 0 aliphatic carbocycles. The van der Waals surface area contributed by atoms with Crippen molar-refractivity contribution in [2.45, 2.75) is 36.2 Å². The van der Waals surface area contributed by atoms with Crippen LogP contribution in [0.2, 0.25) is 0 Å². The number of hydrazone groups is 1. The number of amides is 1. The Morgan fingerprint density at radius 3 is 2.29 bits per heavy atom. The van der Waals surface area contributed by atoms with Gasteiger partial charge in [-0.2, -0.15) is 5.10 Å². The summed E-state index contributed by atoms with van der Waals surface area (Å²) in [5.41, 5.74) is 6.61. The summed E-state index contributed by atoms with van der Waals surface area (Å²) in [6, 6.07) is 24.0. The first-order valence-electron chi connectivity index (χ1n) is 12.1. The summed E-state index contributed by atoms with van der Waals surface area (Å²) in [7, 11) is 1.64. The van der Waals surface area contributed by atoms with E-state index in [2.05, 4.69) is 65.8 Å². The lowest BCUT2D eigenvalue weighted by molar-refractivity contribution is -0.118. The van der Waals surface area contributed by atoms with Crippen molar-refractivity contribution in [1.82, 2.24) is 20.2 Å². The van der Waals surface area contributed by atoms with Crippen molar-refractivity contribution in [3.8, 4) is 22.8 Å². The van der Waals surface area contributed by atoms with Gasteiger partial charge in [0.15, 0.2) is 11.0 Å². The molecule has 0 aliphatic rings. The number of ether oxygens (including phenoxy) is 1. The van der Waals surface area contributed by atoms with Gasteiger partial charge < -0.3 is 4.74 Å². The molecule has 0 aliphatic heterocycles. The smallest absolute Gasteiger partial charge is 0.250 e. The van der Waals surface area contributed by atoms with E-state index in [1.165, 1.54) is 22.2 Å². The first-order chi connectivity index (χ1) is 18.3. The van der Waals surface area contributed by atoms with Crippen LogP contribution in [0.25, 0.3) is 17.1 Å². The molecule has 38 heavy (non-hydrogen) atoms. The van der Waals surface area contributed by atoms with Gasteiger partial charge in [-0.25, -0.2) is 5.43 Å². The van der Waals surface area contributed by atoms with Crippen molar-refractivity contribution in [3.05, 3.63) is 83.9 Å². The first kappa shape index (κ1) is 27.5. The van der Waals surface area contributed by atoms with Gasteiger partial charge in [0.2, 0.25) is 0 Å². The zero-order valence-corrected chi connectivity index (χ0v) is 23.8. The van der Waals surface area contributed by atoms with Gasteiger partial charge in [0.25, 0.3) is 5.91 Å². The zero-order chi connectivity index (χ0) is 27.1. The molecule has 7 nitrogen and oxygen atoms in total. The molecule has 0 radical (unpaired) electrons. The molecule has 0 unspecified atom stereocenters. The molecular formula is C29H31N5O2S2. The number of benzene rings is 3. The second-order valence-electron chi connectivity index (χ2n) is 9.52. The van der Waals surface area contributed by atoms with Gasteiger partial charge in [-0.3, -0.25) is 9.36 Å². The Morgan fingerprint density at radius 2 is 1.68 bits per heavy atom. The minimum Gasteiger partial charge on any atom is -0.497 e. The number of methoxy groups -OCH3 is 1. The number of nitrogens with one attached hydrogen (secondary N) is 1. The van der Waals surface area contributed by atoms with Crippen molar-refractivity contribution >= 4 is 35.6 Å². The fourth-order valence-corrected chi connectivity index (χ4v) is 4.82. The first-order valence-corrected chi connectivity index (χ1v) is 14.3. The summed E-state index contributed by atoms with van der Waals surface area (Å²) in [4.78, 5) is 13.7. The second-order valence-corrected chi connectivity index (χ2v) is 11.3. The molecule has 3 aromatic carbocycles. The molecule has 9 heteroatoms. The van der Waals surface area contributed by atoms with E-state index in [0.717, 1.165) is 22.6 Å². The van der Waals surface area contributed by atoms with Crippen molar-refractivity contribution in [3.63, 3.8) is 0 Å². The lowest BCUT2D eigenvalue weighted by Crippen LogP contribution is -2.20. The number of carbonyl (C=O) groups is 1. The van der Waals surface area contributed by atoms with Crippen molar-refractivity contribution in [2.75, 3.05) is 19.1 Å². The number of carbonyl (C=O) groups excluding carboxylic acids is 1. The predicted octanol–water partition coefficient (Wildman–Crippen LogP) is 6.20. The summed E-state index contributed by atoms with van der Waals surface area (Å²) in [5, 5.41) is 13.6. The largest absolute Gasteiger partial charge is 0.497 e. The topological polar surface area (TPSA) is 81.4 Å². The Bertz CT molecular complexity index is 1390. The van der Waals surface area contributed by atoms with Crippen LogP contribution in [0.4, 0.5) is 0 Å². The number of hydrogen-bond donors (Lipinski definition) is 1. The summed E-state index contributed by atoms with van der Waals surface area (Å²) in [5.74, 6) is 1.37. The molecule has 1 aromatic heterocycles. The number of rotatable bonds is 9. The Labute approximate surface area is 232 Å². The highest BCUT2D eigenvalue weighted by atomic mass is 32.2. The zero-order valence-electron chi connectivity index (χ0n) is 22.1. The van der Waals surface area contributed by atoms with E-state index in [0.29, 0.717) is 11.0 Å². The molecule has 1 heterocycles. The summed E-state index contributed by atoms with van der Waals surface area (Å²) >= 11 is 2.98. The van der Waals surface area contributed by atoms with Crippen molar-refractivity contribution in [1.29, 1.82) is 0 Å². The average molecular weight is 546 g/mol. The highest BCUT2D eigenvalue weighted by Gasteiger charge is 2.19. The van der Waals surface area contributed by atoms with Gasteiger partial charge in [-0.05, 0) is 59.2 Å². The second kappa shape index (κ2) is 12.3.